The molecule has 18 heavy (non-hydrogen) atoms. The highest BCUT2D eigenvalue weighted by atomic mass is 19.1. The Kier molecular flexibility index (Phi) is 5.04. The van der Waals surface area contributed by atoms with E-state index in [1.807, 2.05) is 0 Å². The SMILES string of the molecule is NNC(CCCC1CCCO1)c1cncc(F)c1. The summed E-state index contributed by atoms with van der Waals surface area (Å²) in [5.74, 6) is 5.19. The van der Waals surface area contributed by atoms with Gasteiger partial charge in [0.1, 0.15) is 5.82 Å². The molecule has 1 aliphatic rings. The van der Waals surface area contributed by atoms with Gasteiger partial charge >= 0.3 is 0 Å². The lowest BCUT2D eigenvalue weighted by Crippen LogP contribution is -2.28. The molecule has 0 spiro atoms. The molecule has 2 heterocycles. The molecule has 0 bridgehead atoms. The van der Waals surface area contributed by atoms with Crippen LogP contribution in [0.2, 0.25) is 0 Å². The van der Waals surface area contributed by atoms with Crippen LogP contribution in [-0.2, 0) is 4.74 Å². The van der Waals surface area contributed by atoms with Crippen molar-refractivity contribution in [1.82, 2.24) is 10.4 Å². The zero-order valence-electron chi connectivity index (χ0n) is 10.4. The Morgan fingerprint density at radius 3 is 3.11 bits per heavy atom. The second kappa shape index (κ2) is 6.78. The number of halogens is 1. The Morgan fingerprint density at radius 2 is 2.44 bits per heavy atom. The fourth-order valence-corrected chi connectivity index (χ4v) is 2.39. The van der Waals surface area contributed by atoms with Gasteiger partial charge in [-0.15, -0.1) is 0 Å². The first-order valence-electron chi connectivity index (χ1n) is 6.48. The van der Waals surface area contributed by atoms with Crippen LogP contribution in [0.1, 0.15) is 43.7 Å². The van der Waals surface area contributed by atoms with Gasteiger partial charge in [0, 0.05) is 18.8 Å². The second-order valence-corrected chi connectivity index (χ2v) is 4.72. The van der Waals surface area contributed by atoms with E-state index in [2.05, 4.69) is 10.4 Å². The predicted octanol–water partition coefficient (Wildman–Crippen LogP) is 2.07. The van der Waals surface area contributed by atoms with Crippen molar-refractivity contribution in [2.45, 2.75) is 44.2 Å². The van der Waals surface area contributed by atoms with Crippen molar-refractivity contribution in [3.63, 3.8) is 0 Å². The Hall–Kier alpha value is -1.04. The van der Waals surface area contributed by atoms with E-state index >= 15 is 0 Å². The van der Waals surface area contributed by atoms with E-state index in [0.29, 0.717) is 6.10 Å². The molecule has 4 nitrogen and oxygen atoms in total. The van der Waals surface area contributed by atoms with Crippen LogP contribution in [-0.4, -0.2) is 17.7 Å². The normalized spacial score (nSPS) is 21.1. The summed E-state index contributed by atoms with van der Waals surface area (Å²) >= 11 is 0. The van der Waals surface area contributed by atoms with E-state index in [1.165, 1.54) is 12.3 Å². The average molecular weight is 253 g/mol. The molecule has 0 saturated carbocycles. The molecule has 3 N–H and O–H groups in total. The summed E-state index contributed by atoms with van der Waals surface area (Å²) < 4.78 is 18.6. The maximum atomic E-state index is 13.1. The second-order valence-electron chi connectivity index (χ2n) is 4.72. The van der Waals surface area contributed by atoms with Crippen molar-refractivity contribution in [2.75, 3.05) is 6.61 Å². The number of aromatic nitrogens is 1. The molecule has 1 saturated heterocycles. The summed E-state index contributed by atoms with van der Waals surface area (Å²) in [6, 6.07) is 1.43. The minimum atomic E-state index is -0.327. The average Bonchev–Trinajstić information content (AvgIpc) is 2.88. The van der Waals surface area contributed by atoms with Gasteiger partial charge in [-0.1, -0.05) is 0 Å². The summed E-state index contributed by atoms with van der Waals surface area (Å²) in [5.41, 5.74) is 3.52. The highest BCUT2D eigenvalue weighted by Gasteiger charge is 2.16. The van der Waals surface area contributed by atoms with Gasteiger partial charge < -0.3 is 4.74 Å². The van der Waals surface area contributed by atoms with Gasteiger partial charge in [-0.05, 0) is 43.7 Å². The zero-order valence-corrected chi connectivity index (χ0v) is 10.4. The standard InChI is InChI=1S/C13H20FN3O/c14-11-7-10(8-16-9-11)13(17-15)5-1-3-12-4-2-6-18-12/h7-9,12-13,17H,1-6,15H2. The van der Waals surface area contributed by atoms with Crippen molar-refractivity contribution >= 4 is 0 Å². The van der Waals surface area contributed by atoms with Crippen LogP contribution < -0.4 is 11.3 Å². The van der Waals surface area contributed by atoms with Crippen LogP contribution in [0, 0.1) is 5.82 Å². The Morgan fingerprint density at radius 1 is 1.56 bits per heavy atom. The van der Waals surface area contributed by atoms with Crippen molar-refractivity contribution in [2.24, 2.45) is 5.84 Å². The smallest absolute Gasteiger partial charge is 0.141 e. The number of nitrogens with two attached hydrogens (primary N) is 1. The van der Waals surface area contributed by atoms with E-state index in [1.54, 1.807) is 6.20 Å². The lowest BCUT2D eigenvalue weighted by Gasteiger charge is -2.17. The molecule has 0 radical (unpaired) electrons. The van der Waals surface area contributed by atoms with Crippen LogP contribution in [0.5, 0.6) is 0 Å². The summed E-state index contributed by atoms with van der Waals surface area (Å²) in [4.78, 5) is 3.84. The van der Waals surface area contributed by atoms with Gasteiger partial charge in [0.25, 0.3) is 0 Å². The predicted molar refractivity (Wildman–Crippen MR) is 67.1 cm³/mol. The first-order valence-corrected chi connectivity index (χ1v) is 6.48. The molecular formula is C13H20FN3O. The fraction of sp³-hybridized carbons (Fsp3) is 0.615. The quantitative estimate of drug-likeness (QED) is 0.602. The first-order chi connectivity index (χ1) is 8.79. The van der Waals surface area contributed by atoms with E-state index in [-0.39, 0.29) is 11.9 Å². The third kappa shape index (κ3) is 3.73. The van der Waals surface area contributed by atoms with Crippen molar-refractivity contribution < 1.29 is 9.13 Å². The molecule has 1 aliphatic heterocycles. The zero-order chi connectivity index (χ0) is 12.8. The Bertz CT molecular complexity index is 369. The topological polar surface area (TPSA) is 60.2 Å². The molecule has 2 unspecified atom stereocenters. The summed E-state index contributed by atoms with van der Waals surface area (Å²) in [6.07, 6.45) is 8.48. The van der Waals surface area contributed by atoms with Gasteiger partial charge in [0.05, 0.1) is 12.3 Å². The number of rotatable bonds is 6. The van der Waals surface area contributed by atoms with E-state index in [4.69, 9.17) is 10.6 Å². The summed E-state index contributed by atoms with van der Waals surface area (Å²) in [6.45, 7) is 0.886. The van der Waals surface area contributed by atoms with Gasteiger partial charge in [-0.2, -0.15) is 0 Å². The number of ether oxygens (including phenoxy) is 1. The number of hydrazine groups is 1. The maximum Gasteiger partial charge on any atom is 0.141 e. The van der Waals surface area contributed by atoms with Gasteiger partial charge in [-0.25, -0.2) is 4.39 Å². The van der Waals surface area contributed by atoms with Crippen molar-refractivity contribution in [1.29, 1.82) is 0 Å². The van der Waals surface area contributed by atoms with Crippen LogP contribution in [0.15, 0.2) is 18.5 Å². The van der Waals surface area contributed by atoms with Gasteiger partial charge in [0.2, 0.25) is 0 Å². The first kappa shape index (κ1) is 13.4. The van der Waals surface area contributed by atoms with Gasteiger partial charge in [0.15, 0.2) is 0 Å². The van der Waals surface area contributed by atoms with E-state index in [9.17, 15) is 4.39 Å². The molecule has 0 aliphatic carbocycles. The molecule has 0 aromatic carbocycles. The monoisotopic (exact) mass is 253 g/mol. The molecule has 1 fully saturated rings. The van der Waals surface area contributed by atoms with Crippen LogP contribution in [0.25, 0.3) is 0 Å². The number of nitrogens with zero attached hydrogens (tertiary/aromatic N) is 1. The number of hydrogen-bond acceptors (Lipinski definition) is 4. The third-order valence-corrected chi connectivity index (χ3v) is 3.37. The molecule has 1 aromatic rings. The number of nitrogens with one attached hydrogen (secondary N) is 1. The minimum Gasteiger partial charge on any atom is -0.378 e. The highest BCUT2D eigenvalue weighted by Crippen LogP contribution is 2.22. The minimum absolute atomic E-state index is 0.0467. The third-order valence-electron chi connectivity index (χ3n) is 3.37. The number of hydrogen-bond donors (Lipinski definition) is 2. The lowest BCUT2D eigenvalue weighted by atomic mass is 10.0. The molecule has 100 valence electrons. The fourth-order valence-electron chi connectivity index (χ4n) is 2.39. The molecule has 5 heteroatoms. The Balaban J connectivity index is 1.81. The van der Waals surface area contributed by atoms with Crippen LogP contribution >= 0.6 is 0 Å². The maximum absolute atomic E-state index is 13.1. The van der Waals surface area contributed by atoms with Crippen molar-refractivity contribution in [3.05, 3.63) is 29.8 Å². The van der Waals surface area contributed by atoms with E-state index in [0.717, 1.165) is 44.3 Å². The lowest BCUT2D eigenvalue weighted by molar-refractivity contribution is 0.101. The molecule has 0 amide bonds. The summed E-state index contributed by atoms with van der Waals surface area (Å²) in [7, 11) is 0. The van der Waals surface area contributed by atoms with Gasteiger partial charge in [-0.3, -0.25) is 16.3 Å². The molecule has 1 aromatic heterocycles. The molecule has 2 rings (SSSR count). The highest BCUT2D eigenvalue weighted by molar-refractivity contribution is 5.14. The largest absolute Gasteiger partial charge is 0.378 e. The van der Waals surface area contributed by atoms with Crippen LogP contribution in [0.4, 0.5) is 4.39 Å². The summed E-state index contributed by atoms with van der Waals surface area (Å²) in [5, 5.41) is 0. The molecular weight excluding hydrogens is 233 g/mol. The Labute approximate surface area is 107 Å². The van der Waals surface area contributed by atoms with Crippen molar-refractivity contribution in [3.8, 4) is 0 Å². The number of pyridine rings is 1. The molecule has 2 atom stereocenters. The van der Waals surface area contributed by atoms with Crippen LogP contribution in [0.3, 0.4) is 0 Å². The van der Waals surface area contributed by atoms with E-state index < -0.39 is 0 Å².